The molecule has 0 saturated carbocycles. The predicted octanol–water partition coefficient (Wildman–Crippen LogP) is 0.805. The summed E-state index contributed by atoms with van der Waals surface area (Å²) in [5.74, 6) is 2.35. The standard InChI is InChI=1S/C5H10N2OS/c8-7-4-6-5-1-2-9-3-5/h5-6H,1-4H2. The number of thioether (sulfide) groups is 1. The summed E-state index contributed by atoms with van der Waals surface area (Å²) in [6.45, 7) is 0.269. The van der Waals surface area contributed by atoms with E-state index in [1.54, 1.807) is 0 Å². The summed E-state index contributed by atoms with van der Waals surface area (Å²) in [7, 11) is 0. The van der Waals surface area contributed by atoms with E-state index in [0.717, 1.165) is 5.75 Å². The van der Waals surface area contributed by atoms with Gasteiger partial charge in [0.15, 0.2) is 0 Å². The number of nitrogens with one attached hydrogen (secondary N) is 1. The highest BCUT2D eigenvalue weighted by Crippen LogP contribution is 2.16. The Bertz CT molecular complexity index is 93.0. The summed E-state index contributed by atoms with van der Waals surface area (Å²) in [6, 6.07) is 0.535. The van der Waals surface area contributed by atoms with Gasteiger partial charge in [0.05, 0.1) is 0 Å². The molecule has 1 fully saturated rings. The number of nitrogens with zero attached hydrogens (tertiary/aromatic N) is 1. The van der Waals surface area contributed by atoms with Gasteiger partial charge in [-0.1, -0.05) is 5.18 Å². The van der Waals surface area contributed by atoms with Crippen molar-refractivity contribution >= 4 is 11.8 Å². The molecule has 1 saturated heterocycles. The van der Waals surface area contributed by atoms with Crippen LogP contribution in [-0.4, -0.2) is 24.2 Å². The maximum Gasteiger partial charge on any atom is 0.131 e. The van der Waals surface area contributed by atoms with E-state index in [1.807, 2.05) is 11.8 Å². The maximum atomic E-state index is 9.64. The van der Waals surface area contributed by atoms with Gasteiger partial charge in [-0.05, 0) is 12.2 Å². The zero-order chi connectivity index (χ0) is 6.53. The fourth-order valence-electron chi connectivity index (χ4n) is 0.862. The van der Waals surface area contributed by atoms with Crippen molar-refractivity contribution in [2.24, 2.45) is 5.18 Å². The molecule has 1 heterocycles. The van der Waals surface area contributed by atoms with Gasteiger partial charge in [-0.15, -0.1) is 4.91 Å². The first-order chi connectivity index (χ1) is 4.43. The van der Waals surface area contributed by atoms with Crippen molar-refractivity contribution < 1.29 is 0 Å². The summed E-state index contributed by atoms with van der Waals surface area (Å²) in [5, 5.41) is 5.76. The van der Waals surface area contributed by atoms with Crippen molar-refractivity contribution in [1.82, 2.24) is 5.32 Å². The van der Waals surface area contributed by atoms with Gasteiger partial charge in [0, 0.05) is 11.8 Å². The minimum Gasteiger partial charge on any atom is -0.292 e. The van der Waals surface area contributed by atoms with Crippen molar-refractivity contribution in [2.75, 3.05) is 18.2 Å². The van der Waals surface area contributed by atoms with Gasteiger partial charge in [0.25, 0.3) is 0 Å². The summed E-state index contributed by atoms with van der Waals surface area (Å²) in [5.41, 5.74) is 0. The molecule has 0 aliphatic carbocycles. The lowest BCUT2D eigenvalue weighted by atomic mass is 10.3. The van der Waals surface area contributed by atoms with Crippen LogP contribution >= 0.6 is 11.8 Å². The van der Waals surface area contributed by atoms with Crippen molar-refractivity contribution in [3.63, 3.8) is 0 Å². The predicted molar refractivity (Wildman–Crippen MR) is 39.5 cm³/mol. The molecule has 4 heteroatoms. The Kier molecular flexibility index (Phi) is 3.00. The lowest BCUT2D eigenvalue weighted by Crippen LogP contribution is -2.28. The third kappa shape index (κ3) is 2.32. The molecular weight excluding hydrogens is 136 g/mol. The first-order valence-electron chi connectivity index (χ1n) is 3.03. The fraction of sp³-hybridized carbons (Fsp3) is 1.00. The highest BCUT2D eigenvalue weighted by Gasteiger charge is 2.13. The summed E-state index contributed by atoms with van der Waals surface area (Å²) >= 11 is 1.93. The average molecular weight is 146 g/mol. The Morgan fingerprint density at radius 2 is 2.67 bits per heavy atom. The van der Waals surface area contributed by atoms with Crippen LogP contribution in [0.4, 0.5) is 0 Å². The molecule has 1 aliphatic rings. The van der Waals surface area contributed by atoms with Crippen molar-refractivity contribution in [1.29, 1.82) is 0 Å². The lowest BCUT2D eigenvalue weighted by molar-refractivity contribution is 0.569. The number of nitroso groups, excluding NO2 is 1. The Labute approximate surface area is 58.6 Å². The molecule has 52 valence electrons. The third-order valence-electron chi connectivity index (χ3n) is 1.37. The van der Waals surface area contributed by atoms with Gasteiger partial charge < -0.3 is 0 Å². The van der Waals surface area contributed by atoms with E-state index in [-0.39, 0.29) is 6.67 Å². The Morgan fingerprint density at radius 1 is 1.78 bits per heavy atom. The smallest absolute Gasteiger partial charge is 0.131 e. The molecule has 0 amide bonds. The molecule has 0 aromatic rings. The van der Waals surface area contributed by atoms with Crippen LogP contribution < -0.4 is 5.32 Å². The van der Waals surface area contributed by atoms with E-state index in [1.165, 1.54) is 12.2 Å². The van der Waals surface area contributed by atoms with E-state index >= 15 is 0 Å². The molecule has 0 aromatic heterocycles. The first-order valence-corrected chi connectivity index (χ1v) is 4.19. The van der Waals surface area contributed by atoms with Gasteiger partial charge in [-0.3, -0.25) is 5.32 Å². The van der Waals surface area contributed by atoms with Crippen LogP contribution in [0.15, 0.2) is 5.18 Å². The molecule has 0 radical (unpaired) electrons. The van der Waals surface area contributed by atoms with Crippen LogP contribution in [0, 0.1) is 4.91 Å². The molecule has 0 bridgehead atoms. The molecule has 0 aromatic carbocycles. The van der Waals surface area contributed by atoms with E-state index < -0.39 is 0 Å². The van der Waals surface area contributed by atoms with E-state index in [9.17, 15) is 4.91 Å². The Morgan fingerprint density at radius 3 is 3.22 bits per heavy atom. The minimum atomic E-state index is 0.269. The number of hydrogen-bond donors (Lipinski definition) is 1. The van der Waals surface area contributed by atoms with E-state index in [0.29, 0.717) is 6.04 Å². The fourth-order valence-corrected chi connectivity index (χ4v) is 2.05. The van der Waals surface area contributed by atoms with Gasteiger partial charge >= 0.3 is 0 Å². The zero-order valence-electron chi connectivity index (χ0n) is 5.17. The molecule has 3 nitrogen and oxygen atoms in total. The SMILES string of the molecule is O=NCNC1CCSC1. The quantitative estimate of drug-likeness (QED) is 0.599. The average Bonchev–Trinajstić information content (AvgIpc) is 2.34. The van der Waals surface area contributed by atoms with Crippen LogP contribution in [0.25, 0.3) is 0 Å². The van der Waals surface area contributed by atoms with Crippen LogP contribution in [0.1, 0.15) is 6.42 Å². The van der Waals surface area contributed by atoms with Crippen LogP contribution in [-0.2, 0) is 0 Å². The third-order valence-corrected chi connectivity index (χ3v) is 2.54. The second-order valence-electron chi connectivity index (χ2n) is 2.05. The highest BCUT2D eigenvalue weighted by atomic mass is 32.2. The Hall–Kier alpha value is -0.0900. The zero-order valence-corrected chi connectivity index (χ0v) is 5.99. The van der Waals surface area contributed by atoms with Gasteiger partial charge in [0.2, 0.25) is 0 Å². The number of hydrogen-bond acceptors (Lipinski definition) is 4. The van der Waals surface area contributed by atoms with Gasteiger partial charge in [-0.25, -0.2) is 0 Å². The van der Waals surface area contributed by atoms with Crippen LogP contribution in [0.5, 0.6) is 0 Å². The van der Waals surface area contributed by atoms with E-state index in [2.05, 4.69) is 10.5 Å². The topological polar surface area (TPSA) is 41.5 Å². The molecule has 9 heavy (non-hydrogen) atoms. The summed E-state index contributed by atoms with van der Waals surface area (Å²) < 4.78 is 0. The largest absolute Gasteiger partial charge is 0.292 e. The molecule has 1 rings (SSSR count). The highest BCUT2D eigenvalue weighted by molar-refractivity contribution is 7.99. The second kappa shape index (κ2) is 3.85. The monoisotopic (exact) mass is 146 g/mol. The minimum absolute atomic E-state index is 0.269. The summed E-state index contributed by atoms with van der Waals surface area (Å²) in [6.07, 6.45) is 1.18. The molecule has 0 spiro atoms. The van der Waals surface area contributed by atoms with Gasteiger partial charge in [-0.2, -0.15) is 11.8 Å². The van der Waals surface area contributed by atoms with Gasteiger partial charge in [0.1, 0.15) is 6.67 Å². The lowest BCUT2D eigenvalue weighted by Gasteiger charge is -2.04. The Balaban J connectivity index is 2.04. The molecule has 1 atom stereocenters. The normalized spacial score (nSPS) is 26.4. The van der Waals surface area contributed by atoms with Crippen LogP contribution in [0.3, 0.4) is 0 Å². The molecule has 1 N–H and O–H groups in total. The van der Waals surface area contributed by atoms with E-state index in [4.69, 9.17) is 0 Å². The van der Waals surface area contributed by atoms with Crippen molar-refractivity contribution in [3.8, 4) is 0 Å². The first kappa shape index (κ1) is 7.02. The van der Waals surface area contributed by atoms with Crippen molar-refractivity contribution in [2.45, 2.75) is 12.5 Å². The van der Waals surface area contributed by atoms with Crippen molar-refractivity contribution in [3.05, 3.63) is 4.91 Å². The van der Waals surface area contributed by atoms with Crippen LogP contribution in [0.2, 0.25) is 0 Å². The number of rotatable bonds is 3. The second-order valence-corrected chi connectivity index (χ2v) is 3.20. The molecule has 1 aliphatic heterocycles. The molecular formula is C5H10N2OS. The molecule has 1 unspecified atom stereocenters. The summed E-state index contributed by atoms with van der Waals surface area (Å²) in [4.78, 5) is 9.64. The maximum absolute atomic E-state index is 9.64.